The van der Waals surface area contributed by atoms with Gasteiger partial charge in [0.2, 0.25) is 0 Å². The van der Waals surface area contributed by atoms with Crippen LogP contribution in [0.2, 0.25) is 0 Å². The lowest BCUT2D eigenvalue weighted by atomic mass is 10.2. The van der Waals surface area contributed by atoms with Gasteiger partial charge in [-0.3, -0.25) is 10.1 Å². The third-order valence-corrected chi connectivity index (χ3v) is 3.75. The van der Waals surface area contributed by atoms with Crippen molar-refractivity contribution >= 4 is 21.8 Å². The molecule has 2 atom stereocenters. The van der Waals surface area contributed by atoms with Gasteiger partial charge in [-0.2, -0.15) is 8.42 Å². The Labute approximate surface area is 120 Å². The van der Waals surface area contributed by atoms with Gasteiger partial charge in [-0.1, -0.05) is 0 Å². The number of benzene rings is 1. The molecule has 2 unspecified atom stereocenters. The smallest absolute Gasteiger partial charge is 0.339 e. The minimum Gasteiger partial charge on any atom is -0.467 e. The number of nitrogens with zero attached hydrogens (tertiary/aromatic N) is 1. The van der Waals surface area contributed by atoms with Crippen LogP contribution < -0.4 is 0 Å². The number of methoxy groups -OCH3 is 1. The summed E-state index contributed by atoms with van der Waals surface area (Å²) in [5.41, 5.74) is -0.297. The van der Waals surface area contributed by atoms with E-state index in [0.717, 1.165) is 38.3 Å². The Morgan fingerprint density at radius 1 is 1.33 bits per heavy atom. The molecule has 1 aromatic rings. The molecule has 1 aromatic carbocycles. The van der Waals surface area contributed by atoms with Crippen LogP contribution >= 0.6 is 0 Å². The number of nitro groups is 1. The van der Waals surface area contributed by atoms with Crippen LogP contribution in [0.5, 0.6) is 0 Å². The van der Waals surface area contributed by atoms with E-state index < -0.39 is 33.2 Å². The van der Waals surface area contributed by atoms with Crippen molar-refractivity contribution in [3.05, 3.63) is 34.4 Å². The first-order valence-corrected chi connectivity index (χ1v) is 7.03. The Morgan fingerprint density at radius 3 is 2.24 bits per heavy atom. The average Bonchev–Trinajstić information content (AvgIpc) is 2.43. The standard InChI is InChI=1S/C11H13NO8S/c1-7(13)10(11(14)19-2)20-21(17,18)9-5-3-8(4-6-9)12(15)16/h3-7,10,13H,1-2H3. The second-order valence-corrected chi connectivity index (χ2v) is 5.56. The lowest BCUT2D eigenvalue weighted by Gasteiger charge is -2.17. The predicted molar refractivity (Wildman–Crippen MR) is 68.9 cm³/mol. The van der Waals surface area contributed by atoms with Gasteiger partial charge in [0.25, 0.3) is 15.8 Å². The van der Waals surface area contributed by atoms with Crippen molar-refractivity contribution < 1.29 is 32.2 Å². The summed E-state index contributed by atoms with van der Waals surface area (Å²) in [5, 5.41) is 19.8. The van der Waals surface area contributed by atoms with Crippen LogP contribution in [0.15, 0.2) is 29.2 Å². The Hall–Kier alpha value is -2.04. The zero-order valence-corrected chi connectivity index (χ0v) is 11.9. The summed E-state index contributed by atoms with van der Waals surface area (Å²) < 4.78 is 32.8. The van der Waals surface area contributed by atoms with Gasteiger partial charge >= 0.3 is 5.97 Å². The van der Waals surface area contributed by atoms with Crippen molar-refractivity contribution in [3.8, 4) is 0 Å². The molecule has 1 N–H and O–H groups in total. The first-order chi connectivity index (χ1) is 9.69. The van der Waals surface area contributed by atoms with E-state index in [0.29, 0.717) is 0 Å². The normalized spacial score (nSPS) is 14.2. The fraction of sp³-hybridized carbons (Fsp3) is 0.364. The van der Waals surface area contributed by atoms with Crippen molar-refractivity contribution in [2.75, 3.05) is 7.11 Å². The number of nitro benzene ring substituents is 1. The first kappa shape index (κ1) is 17.0. The Kier molecular flexibility index (Phi) is 5.35. The van der Waals surface area contributed by atoms with Crippen LogP contribution in [-0.4, -0.2) is 43.7 Å². The van der Waals surface area contributed by atoms with Crippen molar-refractivity contribution in [3.63, 3.8) is 0 Å². The van der Waals surface area contributed by atoms with Crippen molar-refractivity contribution in [1.29, 1.82) is 0 Å². The summed E-state index contributed by atoms with van der Waals surface area (Å²) in [6, 6.07) is 3.88. The highest BCUT2D eigenvalue weighted by atomic mass is 32.2. The summed E-state index contributed by atoms with van der Waals surface area (Å²) in [6.07, 6.45) is -3.15. The van der Waals surface area contributed by atoms with E-state index >= 15 is 0 Å². The zero-order chi connectivity index (χ0) is 16.2. The maximum atomic E-state index is 11.9. The second-order valence-electron chi connectivity index (χ2n) is 3.99. The lowest BCUT2D eigenvalue weighted by molar-refractivity contribution is -0.384. The summed E-state index contributed by atoms with van der Waals surface area (Å²) >= 11 is 0. The number of aliphatic hydroxyl groups excluding tert-OH is 1. The minimum atomic E-state index is -4.39. The average molecular weight is 319 g/mol. The van der Waals surface area contributed by atoms with E-state index in [-0.39, 0.29) is 10.6 Å². The Morgan fingerprint density at radius 2 is 1.86 bits per heavy atom. The third-order valence-electron chi connectivity index (χ3n) is 2.44. The molecule has 0 amide bonds. The number of hydrogen-bond acceptors (Lipinski definition) is 8. The molecule has 0 aromatic heterocycles. The van der Waals surface area contributed by atoms with E-state index in [1.807, 2.05) is 0 Å². The van der Waals surface area contributed by atoms with Gasteiger partial charge < -0.3 is 9.84 Å². The second kappa shape index (κ2) is 6.61. The van der Waals surface area contributed by atoms with Crippen LogP contribution in [-0.2, 0) is 23.8 Å². The number of ether oxygens (including phenoxy) is 1. The van der Waals surface area contributed by atoms with E-state index in [1.54, 1.807) is 0 Å². The van der Waals surface area contributed by atoms with E-state index in [2.05, 4.69) is 8.92 Å². The highest BCUT2D eigenvalue weighted by Gasteiger charge is 2.32. The molecule has 0 spiro atoms. The van der Waals surface area contributed by atoms with Gasteiger partial charge in [0.15, 0.2) is 6.10 Å². The molecule has 0 aliphatic rings. The molecular formula is C11H13NO8S. The molecule has 0 fully saturated rings. The number of aliphatic hydroxyl groups is 1. The largest absolute Gasteiger partial charge is 0.467 e. The fourth-order valence-electron chi connectivity index (χ4n) is 1.36. The van der Waals surface area contributed by atoms with Crippen molar-refractivity contribution in [2.24, 2.45) is 0 Å². The number of non-ortho nitro benzene ring substituents is 1. The SMILES string of the molecule is COC(=O)C(OS(=O)(=O)c1ccc([N+](=O)[O-])cc1)C(C)O. The monoisotopic (exact) mass is 319 g/mol. The molecule has 1 rings (SSSR count). The summed E-state index contributed by atoms with van der Waals surface area (Å²) in [7, 11) is -3.37. The summed E-state index contributed by atoms with van der Waals surface area (Å²) in [4.78, 5) is 20.8. The molecular weight excluding hydrogens is 306 g/mol. The number of carbonyl (C=O) groups is 1. The maximum absolute atomic E-state index is 11.9. The molecule has 21 heavy (non-hydrogen) atoms. The third kappa shape index (κ3) is 4.21. The van der Waals surface area contributed by atoms with Crippen LogP contribution in [0.25, 0.3) is 0 Å². The van der Waals surface area contributed by atoms with E-state index in [9.17, 15) is 28.4 Å². The Balaban J connectivity index is 3.04. The van der Waals surface area contributed by atoms with Crippen LogP contribution in [0.4, 0.5) is 5.69 Å². The number of carbonyl (C=O) groups excluding carboxylic acids is 1. The zero-order valence-electron chi connectivity index (χ0n) is 11.1. The topological polar surface area (TPSA) is 133 Å². The summed E-state index contributed by atoms with van der Waals surface area (Å²) in [6.45, 7) is 1.16. The molecule has 0 bridgehead atoms. The molecule has 0 heterocycles. The molecule has 10 heteroatoms. The first-order valence-electron chi connectivity index (χ1n) is 5.62. The predicted octanol–water partition coefficient (Wildman–Crippen LogP) is 0.222. The van der Waals surface area contributed by atoms with Crippen LogP contribution in [0, 0.1) is 10.1 Å². The molecule has 116 valence electrons. The fourth-order valence-corrected chi connectivity index (χ4v) is 2.45. The lowest BCUT2D eigenvalue weighted by Crippen LogP contribution is -2.37. The van der Waals surface area contributed by atoms with Crippen molar-refractivity contribution in [1.82, 2.24) is 0 Å². The molecule has 9 nitrogen and oxygen atoms in total. The summed E-state index contributed by atoms with van der Waals surface area (Å²) in [5.74, 6) is -1.06. The molecule has 0 saturated carbocycles. The highest BCUT2D eigenvalue weighted by molar-refractivity contribution is 7.86. The highest BCUT2D eigenvalue weighted by Crippen LogP contribution is 2.19. The maximum Gasteiger partial charge on any atom is 0.339 e. The minimum absolute atomic E-state index is 0.297. The van der Waals surface area contributed by atoms with Gasteiger partial charge in [0, 0.05) is 12.1 Å². The van der Waals surface area contributed by atoms with Gasteiger partial charge in [0.1, 0.15) is 0 Å². The van der Waals surface area contributed by atoms with Gasteiger partial charge in [-0.25, -0.2) is 8.98 Å². The number of hydrogen-bond donors (Lipinski definition) is 1. The molecule has 0 radical (unpaired) electrons. The van der Waals surface area contributed by atoms with Crippen LogP contribution in [0.3, 0.4) is 0 Å². The molecule has 0 aliphatic carbocycles. The molecule has 0 saturated heterocycles. The van der Waals surface area contributed by atoms with Gasteiger partial charge in [0.05, 0.1) is 23.0 Å². The number of esters is 1. The van der Waals surface area contributed by atoms with E-state index in [4.69, 9.17) is 0 Å². The van der Waals surface area contributed by atoms with Gasteiger partial charge in [-0.15, -0.1) is 0 Å². The van der Waals surface area contributed by atoms with Gasteiger partial charge in [-0.05, 0) is 19.1 Å². The molecule has 0 aliphatic heterocycles. The van der Waals surface area contributed by atoms with E-state index in [1.165, 1.54) is 0 Å². The van der Waals surface area contributed by atoms with Crippen LogP contribution in [0.1, 0.15) is 6.92 Å². The number of rotatable bonds is 6. The Bertz CT molecular complexity index is 622. The quantitative estimate of drug-likeness (QED) is 0.341. The van der Waals surface area contributed by atoms with Crippen molar-refractivity contribution in [2.45, 2.75) is 24.0 Å².